The highest BCUT2D eigenvalue weighted by atomic mass is 15.2. The van der Waals surface area contributed by atoms with Crippen molar-refractivity contribution in [2.75, 3.05) is 19.6 Å². The third-order valence-corrected chi connectivity index (χ3v) is 4.96. The zero-order valence-corrected chi connectivity index (χ0v) is 13.4. The molecule has 1 heterocycles. The van der Waals surface area contributed by atoms with Gasteiger partial charge < -0.3 is 5.32 Å². The summed E-state index contributed by atoms with van der Waals surface area (Å²) in [5.41, 5.74) is 0.369. The van der Waals surface area contributed by atoms with Gasteiger partial charge in [0.15, 0.2) is 0 Å². The zero-order chi connectivity index (χ0) is 14.1. The molecule has 112 valence electrons. The van der Waals surface area contributed by atoms with Gasteiger partial charge in [-0.3, -0.25) is 4.90 Å². The third kappa shape index (κ3) is 4.06. The fourth-order valence-corrected chi connectivity index (χ4v) is 3.85. The highest BCUT2D eigenvalue weighted by Crippen LogP contribution is 2.33. The van der Waals surface area contributed by atoms with Gasteiger partial charge >= 0.3 is 0 Å². The van der Waals surface area contributed by atoms with E-state index in [1.165, 1.54) is 51.6 Å². The molecule has 1 N–H and O–H groups in total. The first-order chi connectivity index (χ1) is 9.25. The van der Waals surface area contributed by atoms with Gasteiger partial charge in [0.2, 0.25) is 0 Å². The van der Waals surface area contributed by atoms with Crippen LogP contribution in [0, 0.1) is 0 Å². The fraction of sp³-hybridized carbons (Fsp3) is 0.882. The van der Waals surface area contributed by atoms with E-state index in [0.717, 1.165) is 13.0 Å². The van der Waals surface area contributed by atoms with Crippen molar-refractivity contribution < 1.29 is 0 Å². The molecular weight excluding hydrogens is 232 g/mol. The van der Waals surface area contributed by atoms with Crippen LogP contribution in [-0.4, -0.2) is 36.1 Å². The predicted octanol–water partition coefficient (Wildman–Crippen LogP) is 3.98. The van der Waals surface area contributed by atoms with E-state index in [-0.39, 0.29) is 0 Å². The van der Waals surface area contributed by atoms with Crippen molar-refractivity contribution in [3.8, 4) is 0 Å². The Bertz CT molecular complexity index is 240. The summed E-state index contributed by atoms with van der Waals surface area (Å²) in [6.45, 7) is 14.5. The molecule has 1 aliphatic rings. The Hall–Kier alpha value is -0.340. The number of nitrogens with zero attached hydrogens (tertiary/aromatic N) is 1. The van der Waals surface area contributed by atoms with Gasteiger partial charge in [0.25, 0.3) is 0 Å². The van der Waals surface area contributed by atoms with Crippen LogP contribution >= 0.6 is 0 Å². The number of nitrogens with one attached hydrogen (secondary N) is 1. The van der Waals surface area contributed by atoms with Gasteiger partial charge in [-0.1, -0.05) is 26.8 Å². The molecule has 1 rings (SSSR count). The van der Waals surface area contributed by atoms with E-state index < -0.39 is 0 Å². The Kier molecular flexibility index (Phi) is 7.70. The molecule has 1 atom stereocenters. The quantitative estimate of drug-likeness (QED) is 0.475. The second-order valence-corrected chi connectivity index (χ2v) is 5.83. The lowest BCUT2D eigenvalue weighted by atomic mass is 9.80. The summed E-state index contributed by atoms with van der Waals surface area (Å²) < 4.78 is 0. The number of rotatable bonds is 10. The van der Waals surface area contributed by atoms with E-state index in [2.05, 4.69) is 43.6 Å². The lowest BCUT2D eigenvalue weighted by molar-refractivity contribution is 0.0585. The van der Waals surface area contributed by atoms with Crippen molar-refractivity contribution in [1.29, 1.82) is 0 Å². The summed E-state index contributed by atoms with van der Waals surface area (Å²) >= 11 is 0. The molecule has 0 aromatic heterocycles. The summed E-state index contributed by atoms with van der Waals surface area (Å²) in [5, 5.41) is 3.79. The molecule has 0 aromatic carbocycles. The average Bonchev–Trinajstić information content (AvgIpc) is 2.95. The van der Waals surface area contributed by atoms with Crippen LogP contribution in [0.25, 0.3) is 0 Å². The minimum atomic E-state index is 0.369. The summed E-state index contributed by atoms with van der Waals surface area (Å²) in [5.74, 6) is 0. The lowest BCUT2D eigenvalue weighted by Crippen LogP contribution is -2.60. The number of likely N-dealkylation sites (N-methyl/N-ethyl adjacent to an activating group) is 1. The van der Waals surface area contributed by atoms with E-state index in [1.807, 2.05) is 0 Å². The molecule has 19 heavy (non-hydrogen) atoms. The van der Waals surface area contributed by atoms with Crippen LogP contribution in [0.5, 0.6) is 0 Å². The second kappa shape index (κ2) is 8.76. The van der Waals surface area contributed by atoms with Crippen LogP contribution in [-0.2, 0) is 0 Å². The van der Waals surface area contributed by atoms with Crippen molar-refractivity contribution in [2.24, 2.45) is 0 Å². The number of allylic oxidation sites excluding steroid dienone is 1. The number of hydrogen-bond acceptors (Lipinski definition) is 2. The van der Waals surface area contributed by atoms with Gasteiger partial charge in [0.1, 0.15) is 0 Å². The van der Waals surface area contributed by atoms with Crippen molar-refractivity contribution in [1.82, 2.24) is 10.2 Å². The third-order valence-electron chi connectivity index (χ3n) is 4.96. The monoisotopic (exact) mass is 266 g/mol. The normalized spacial score (nSPS) is 18.7. The number of likely N-dealkylation sites (tertiary alicyclic amines) is 1. The molecule has 0 spiro atoms. The summed E-state index contributed by atoms with van der Waals surface area (Å²) in [7, 11) is 0. The van der Waals surface area contributed by atoms with Crippen LogP contribution in [0.3, 0.4) is 0 Å². The fourth-order valence-electron chi connectivity index (χ4n) is 3.85. The predicted molar refractivity (Wildman–Crippen MR) is 85.6 cm³/mol. The summed E-state index contributed by atoms with van der Waals surface area (Å²) in [4.78, 5) is 2.77. The van der Waals surface area contributed by atoms with Gasteiger partial charge in [-0.05, 0) is 64.6 Å². The average molecular weight is 266 g/mol. The SMILES string of the molecule is C=CCCCC(NCC)C(CC)(CC)N1CCCC1. The van der Waals surface area contributed by atoms with Crippen molar-refractivity contribution in [2.45, 2.75) is 77.3 Å². The molecule has 0 aromatic rings. The molecular formula is C17H34N2. The number of hydrogen-bond donors (Lipinski definition) is 1. The molecule has 0 aliphatic carbocycles. The molecule has 1 unspecified atom stereocenters. The van der Waals surface area contributed by atoms with E-state index >= 15 is 0 Å². The maximum absolute atomic E-state index is 3.85. The van der Waals surface area contributed by atoms with Crippen molar-refractivity contribution in [3.05, 3.63) is 12.7 Å². The smallest absolute Gasteiger partial charge is 0.0357 e. The Morgan fingerprint density at radius 3 is 2.32 bits per heavy atom. The highest BCUT2D eigenvalue weighted by molar-refractivity contribution is 5.00. The largest absolute Gasteiger partial charge is 0.312 e. The highest BCUT2D eigenvalue weighted by Gasteiger charge is 2.41. The van der Waals surface area contributed by atoms with E-state index in [0.29, 0.717) is 11.6 Å². The molecule has 0 radical (unpaired) electrons. The maximum atomic E-state index is 3.85. The summed E-state index contributed by atoms with van der Waals surface area (Å²) in [6, 6.07) is 0.630. The minimum Gasteiger partial charge on any atom is -0.312 e. The van der Waals surface area contributed by atoms with Crippen molar-refractivity contribution >= 4 is 0 Å². The molecule has 0 saturated carbocycles. The topological polar surface area (TPSA) is 15.3 Å². The minimum absolute atomic E-state index is 0.369. The first-order valence-electron chi connectivity index (χ1n) is 8.34. The summed E-state index contributed by atoms with van der Waals surface area (Å²) in [6.07, 6.45) is 11.0. The van der Waals surface area contributed by atoms with Crippen LogP contribution in [0.15, 0.2) is 12.7 Å². The Labute approximate surface area is 120 Å². The van der Waals surface area contributed by atoms with Crippen LogP contribution in [0.1, 0.15) is 65.7 Å². The van der Waals surface area contributed by atoms with Crippen LogP contribution < -0.4 is 5.32 Å². The van der Waals surface area contributed by atoms with Gasteiger partial charge in [0, 0.05) is 11.6 Å². The molecule has 1 fully saturated rings. The molecule has 0 amide bonds. The molecule has 2 heteroatoms. The van der Waals surface area contributed by atoms with E-state index in [9.17, 15) is 0 Å². The second-order valence-electron chi connectivity index (χ2n) is 5.83. The zero-order valence-electron chi connectivity index (χ0n) is 13.4. The van der Waals surface area contributed by atoms with Gasteiger partial charge in [0.05, 0.1) is 0 Å². The molecule has 2 nitrogen and oxygen atoms in total. The standard InChI is InChI=1S/C17H34N2/c1-5-9-10-13-16(18-8-4)17(6-2,7-3)19-14-11-12-15-19/h5,16,18H,1,6-15H2,2-4H3. The Balaban J connectivity index is 2.79. The lowest BCUT2D eigenvalue weighted by Gasteiger charge is -2.47. The first kappa shape index (κ1) is 16.7. The van der Waals surface area contributed by atoms with E-state index in [4.69, 9.17) is 0 Å². The molecule has 0 bridgehead atoms. The van der Waals surface area contributed by atoms with Gasteiger partial charge in [-0.25, -0.2) is 0 Å². The molecule has 1 saturated heterocycles. The number of unbranched alkanes of at least 4 members (excludes halogenated alkanes) is 1. The van der Waals surface area contributed by atoms with Crippen LogP contribution in [0.2, 0.25) is 0 Å². The van der Waals surface area contributed by atoms with Crippen LogP contribution in [0.4, 0.5) is 0 Å². The maximum Gasteiger partial charge on any atom is 0.0357 e. The van der Waals surface area contributed by atoms with Gasteiger partial charge in [-0.15, -0.1) is 6.58 Å². The Morgan fingerprint density at radius 1 is 1.21 bits per heavy atom. The van der Waals surface area contributed by atoms with Crippen molar-refractivity contribution in [3.63, 3.8) is 0 Å². The first-order valence-corrected chi connectivity index (χ1v) is 8.34. The molecule has 1 aliphatic heterocycles. The van der Waals surface area contributed by atoms with E-state index in [1.54, 1.807) is 0 Å². The van der Waals surface area contributed by atoms with Gasteiger partial charge in [-0.2, -0.15) is 0 Å². The Morgan fingerprint density at radius 2 is 1.84 bits per heavy atom.